The number of rotatable bonds is 1. The fourth-order valence-corrected chi connectivity index (χ4v) is 2.67. The predicted molar refractivity (Wildman–Crippen MR) is 75.9 cm³/mol. The summed E-state index contributed by atoms with van der Waals surface area (Å²) in [5.41, 5.74) is 1.34. The van der Waals surface area contributed by atoms with Crippen LogP contribution in [0.25, 0.3) is 0 Å². The van der Waals surface area contributed by atoms with Gasteiger partial charge in [-0.3, -0.25) is 5.41 Å². The van der Waals surface area contributed by atoms with Gasteiger partial charge in [0.15, 0.2) is 0 Å². The van der Waals surface area contributed by atoms with E-state index in [9.17, 15) is 13.2 Å². The molecule has 0 unspecified atom stereocenters. The molecule has 1 aliphatic rings. The maximum absolute atomic E-state index is 12.7. The van der Waals surface area contributed by atoms with E-state index in [1.165, 1.54) is 6.07 Å². The van der Waals surface area contributed by atoms with Crippen LogP contribution in [-0.2, 0) is 12.7 Å². The number of nitrogens with one attached hydrogen (secondary N) is 1. The maximum atomic E-state index is 12.7. The summed E-state index contributed by atoms with van der Waals surface area (Å²) in [5, 5.41) is 8.13. The Hall–Kier alpha value is -2.01. The van der Waals surface area contributed by atoms with E-state index in [1.807, 2.05) is 24.3 Å². The van der Waals surface area contributed by atoms with Crippen molar-refractivity contribution in [1.82, 2.24) is 0 Å². The molecule has 0 saturated carbocycles. The van der Waals surface area contributed by atoms with Crippen molar-refractivity contribution in [2.75, 3.05) is 4.90 Å². The van der Waals surface area contributed by atoms with Gasteiger partial charge in [-0.1, -0.05) is 35.9 Å². The van der Waals surface area contributed by atoms with Crippen LogP contribution in [0, 0.1) is 5.41 Å². The first kappa shape index (κ1) is 13.9. The number of halogens is 4. The summed E-state index contributed by atoms with van der Waals surface area (Å²) in [6, 6.07) is 10.6. The second kappa shape index (κ2) is 4.77. The first-order valence-electron chi connectivity index (χ1n) is 6.19. The minimum atomic E-state index is -4.43. The van der Waals surface area contributed by atoms with Gasteiger partial charge in [0.05, 0.1) is 22.8 Å². The molecule has 0 saturated heterocycles. The molecule has 2 nitrogen and oxygen atoms in total. The molecule has 1 heterocycles. The number of hydrogen-bond acceptors (Lipinski definition) is 1. The van der Waals surface area contributed by atoms with Crippen LogP contribution >= 0.6 is 11.6 Å². The van der Waals surface area contributed by atoms with Crippen molar-refractivity contribution in [1.29, 1.82) is 5.41 Å². The number of amidine groups is 1. The van der Waals surface area contributed by atoms with Crippen LogP contribution < -0.4 is 4.90 Å². The van der Waals surface area contributed by atoms with E-state index in [0.717, 1.165) is 23.3 Å². The molecule has 2 aromatic rings. The fraction of sp³-hybridized carbons (Fsp3) is 0.133. The van der Waals surface area contributed by atoms with Crippen LogP contribution in [0.5, 0.6) is 0 Å². The molecular weight excluding hydrogens is 301 g/mol. The average molecular weight is 311 g/mol. The number of anilines is 1. The lowest BCUT2D eigenvalue weighted by Crippen LogP contribution is -2.23. The Bertz CT molecular complexity index is 725. The Balaban J connectivity index is 1.98. The van der Waals surface area contributed by atoms with Gasteiger partial charge in [-0.2, -0.15) is 13.2 Å². The molecule has 3 rings (SSSR count). The summed E-state index contributed by atoms with van der Waals surface area (Å²) < 4.78 is 38.0. The maximum Gasteiger partial charge on any atom is 0.416 e. The van der Waals surface area contributed by atoms with Crippen molar-refractivity contribution in [2.45, 2.75) is 12.7 Å². The second-order valence-electron chi connectivity index (χ2n) is 4.76. The average Bonchev–Trinajstić information content (AvgIpc) is 2.75. The molecule has 0 spiro atoms. The molecule has 0 aliphatic carbocycles. The minimum Gasteiger partial charge on any atom is -0.320 e. The van der Waals surface area contributed by atoms with Crippen LogP contribution in [0.15, 0.2) is 42.5 Å². The summed E-state index contributed by atoms with van der Waals surface area (Å²) in [4.78, 5) is 1.60. The molecule has 0 aromatic heterocycles. The van der Waals surface area contributed by atoms with Crippen LogP contribution in [0.2, 0.25) is 5.02 Å². The second-order valence-corrected chi connectivity index (χ2v) is 5.16. The highest BCUT2D eigenvalue weighted by Gasteiger charge is 2.32. The third-order valence-corrected chi connectivity index (χ3v) is 3.74. The molecule has 1 N–H and O–H groups in total. The van der Waals surface area contributed by atoms with Gasteiger partial charge in [-0.05, 0) is 23.8 Å². The van der Waals surface area contributed by atoms with Gasteiger partial charge in [0.2, 0.25) is 0 Å². The minimum absolute atomic E-state index is 0.0117. The monoisotopic (exact) mass is 310 g/mol. The molecule has 0 fully saturated rings. The molecule has 1 aliphatic heterocycles. The van der Waals surface area contributed by atoms with Gasteiger partial charge in [-0.15, -0.1) is 0 Å². The highest BCUT2D eigenvalue weighted by atomic mass is 35.5. The normalized spacial score (nSPS) is 14.5. The Morgan fingerprint density at radius 3 is 2.43 bits per heavy atom. The van der Waals surface area contributed by atoms with E-state index >= 15 is 0 Å². The molecule has 2 aromatic carbocycles. The Labute approximate surface area is 124 Å². The summed E-state index contributed by atoms with van der Waals surface area (Å²) >= 11 is 5.99. The Morgan fingerprint density at radius 2 is 1.81 bits per heavy atom. The lowest BCUT2D eigenvalue weighted by Gasteiger charge is -2.20. The standard InChI is InChI=1S/C15H10ClF3N2/c16-12-7-10(15(17,18)19)5-6-13(12)21-8-9-3-1-2-4-11(9)14(21)20/h1-7,20H,8H2. The number of nitrogens with zero attached hydrogens (tertiary/aromatic N) is 1. The van der Waals surface area contributed by atoms with Gasteiger partial charge in [0.25, 0.3) is 0 Å². The highest BCUT2D eigenvalue weighted by molar-refractivity contribution is 6.34. The lowest BCUT2D eigenvalue weighted by atomic mass is 10.1. The molecule has 0 atom stereocenters. The van der Waals surface area contributed by atoms with Crippen LogP contribution in [0.1, 0.15) is 16.7 Å². The fourth-order valence-electron chi connectivity index (χ4n) is 2.39. The third kappa shape index (κ3) is 2.38. The van der Waals surface area contributed by atoms with E-state index in [-0.39, 0.29) is 10.9 Å². The van der Waals surface area contributed by atoms with Gasteiger partial charge in [0.1, 0.15) is 5.84 Å². The first-order chi connectivity index (χ1) is 9.88. The first-order valence-corrected chi connectivity index (χ1v) is 6.57. The van der Waals surface area contributed by atoms with Gasteiger partial charge in [0, 0.05) is 5.56 Å². The van der Waals surface area contributed by atoms with E-state index in [0.29, 0.717) is 12.2 Å². The molecule has 0 amide bonds. The smallest absolute Gasteiger partial charge is 0.320 e. The van der Waals surface area contributed by atoms with Crippen molar-refractivity contribution < 1.29 is 13.2 Å². The van der Waals surface area contributed by atoms with Crippen molar-refractivity contribution in [3.8, 4) is 0 Å². The largest absolute Gasteiger partial charge is 0.416 e. The molecule has 6 heteroatoms. The summed E-state index contributed by atoms with van der Waals surface area (Å²) in [6.07, 6.45) is -4.43. The van der Waals surface area contributed by atoms with E-state index < -0.39 is 11.7 Å². The van der Waals surface area contributed by atoms with E-state index in [1.54, 1.807) is 4.90 Å². The van der Waals surface area contributed by atoms with Gasteiger partial charge in [-0.25, -0.2) is 0 Å². The van der Waals surface area contributed by atoms with Crippen molar-refractivity contribution >= 4 is 23.1 Å². The SMILES string of the molecule is N=C1c2ccccc2CN1c1ccc(C(F)(F)F)cc1Cl. The van der Waals surface area contributed by atoms with Crippen LogP contribution in [0.3, 0.4) is 0 Å². The summed E-state index contributed by atoms with van der Waals surface area (Å²) in [7, 11) is 0. The third-order valence-electron chi connectivity index (χ3n) is 3.44. The molecule has 21 heavy (non-hydrogen) atoms. The molecule has 0 bridgehead atoms. The lowest BCUT2D eigenvalue weighted by molar-refractivity contribution is -0.137. The van der Waals surface area contributed by atoms with Crippen molar-refractivity contribution in [2.24, 2.45) is 0 Å². The predicted octanol–water partition coefficient (Wildman–Crippen LogP) is 4.70. The summed E-state index contributed by atoms with van der Waals surface area (Å²) in [6.45, 7) is 0.431. The number of hydrogen-bond donors (Lipinski definition) is 1. The number of benzene rings is 2. The van der Waals surface area contributed by atoms with E-state index in [2.05, 4.69) is 0 Å². The summed E-state index contributed by atoms with van der Waals surface area (Å²) in [5.74, 6) is 0.243. The topological polar surface area (TPSA) is 27.1 Å². The molecule has 108 valence electrons. The number of alkyl halides is 3. The van der Waals surface area contributed by atoms with Crippen LogP contribution in [0.4, 0.5) is 18.9 Å². The molecule has 0 radical (unpaired) electrons. The zero-order valence-electron chi connectivity index (χ0n) is 10.7. The Kier molecular flexibility index (Phi) is 3.17. The zero-order chi connectivity index (χ0) is 15.2. The highest BCUT2D eigenvalue weighted by Crippen LogP contribution is 2.37. The van der Waals surface area contributed by atoms with Crippen LogP contribution in [-0.4, -0.2) is 5.84 Å². The van der Waals surface area contributed by atoms with Crippen molar-refractivity contribution in [3.63, 3.8) is 0 Å². The zero-order valence-corrected chi connectivity index (χ0v) is 11.5. The van der Waals surface area contributed by atoms with Gasteiger partial charge < -0.3 is 4.90 Å². The quantitative estimate of drug-likeness (QED) is 0.812. The van der Waals surface area contributed by atoms with Gasteiger partial charge >= 0.3 is 6.18 Å². The Morgan fingerprint density at radius 1 is 1.10 bits per heavy atom. The van der Waals surface area contributed by atoms with Crippen molar-refractivity contribution in [3.05, 3.63) is 64.2 Å². The van der Waals surface area contributed by atoms with E-state index in [4.69, 9.17) is 17.0 Å². The molecular formula is C15H10ClF3N2. The number of fused-ring (bicyclic) bond motifs is 1.